The van der Waals surface area contributed by atoms with Crippen molar-refractivity contribution in [2.45, 2.75) is 25.4 Å². The lowest BCUT2D eigenvalue weighted by molar-refractivity contribution is -0.137. The topological polar surface area (TPSA) is 102 Å². The summed E-state index contributed by atoms with van der Waals surface area (Å²) in [4.78, 5) is 21.7. The lowest BCUT2D eigenvalue weighted by Crippen LogP contribution is -2.41. The van der Waals surface area contributed by atoms with E-state index in [1.54, 1.807) is 7.11 Å². The van der Waals surface area contributed by atoms with Crippen LogP contribution in [-0.2, 0) is 16.1 Å². The number of primary amides is 1. The van der Waals surface area contributed by atoms with Crippen molar-refractivity contribution in [2.24, 2.45) is 5.73 Å². The molecule has 0 aliphatic carbocycles. The Balaban J connectivity index is 2.60. The second kappa shape index (κ2) is 7.38. The number of carbonyl (C=O) groups excluding carboxylic acids is 1. The van der Waals surface area contributed by atoms with Crippen molar-refractivity contribution in [1.82, 2.24) is 5.32 Å². The molecule has 4 N–H and O–H groups in total. The highest BCUT2D eigenvalue weighted by atomic mass is 16.5. The molecular weight excluding hydrogens is 248 g/mol. The van der Waals surface area contributed by atoms with E-state index in [9.17, 15) is 9.59 Å². The van der Waals surface area contributed by atoms with E-state index in [1.807, 2.05) is 24.3 Å². The van der Waals surface area contributed by atoms with Crippen LogP contribution in [0.5, 0.6) is 5.75 Å². The Labute approximate surface area is 111 Å². The number of para-hydroxylation sites is 1. The van der Waals surface area contributed by atoms with Gasteiger partial charge in [-0.2, -0.15) is 0 Å². The third-order valence-electron chi connectivity index (χ3n) is 2.72. The molecule has 6 nitrogen and oxygen atoms in total. The molecule has 0 heterocycles. The summed E-state index contributed by atoms with van der Waals surface area (Å²) in [5.74, 6) is -0.807. The Morgan fingerprint density at radius 1 is 1.42 bits per heavy atom. The normalized spacial score (nSPS) is 11.8. The monoisotopic (exact) mass is 266 g/mol. The Morgan fingerprint density at radius 3 is 2.68 bits per heavy atom. The van der Waals surface area contributed by atoms with Gasteiger partial charge in [0, 0.05) is 18.5 Å². The maximum atomic E-state index is 11.2. The van der Waals surface area contributed by atoms with E-state index in [2.05, 4.69) is 5.32 Å². The Kier molecular flexibility index (Phi) is 5.81. The number of nitrogens with one attached hydrogen (secondary N) is 1. The van der Waals surface area contributed by atoms with Gasteiger partial charge in [-0.25, -0.2) is 0 Å². The average molecular weight is 266 g/mol. The van der Waals surface area contributed by atoms with Crippen molar-refractivity contribution in [3.8, 4) is 5.75 Å². The fourth-order valence-corrected chi connectivity index (χ4v) is 1.69. The van der Waals surface area contributed by atoms with Crippen LogP contribution in [0.15, 0.2) is 24.3 Å². The van der Waals surface area contributed by atoms with Crippen LogP contribution in [0.2, 0.25) is 0 Å². The van der Waals surface area contributed by atoms with Gasteiger partial charge in [0.2, 0.25) is 5.91 Å². The number of hydrogen-bond donors (Lipinski definition) is 3. The Bertz CT molecular complexity index is 448. The van der Waals surface area contributed by atoms with Crippen LogP contribution in [0.1, 0.15) is 18.4 Å². The van der Waals surface area contributed by atoms with E-state index in [4.69, 9.17) is 15.6 Å². The molecule has 1 amide bonds. The molecule has 0 unspecified atom stereocenters. The quantitative estimate of drug-likeness (QED) is 0.636. The van der Waals surface area contributed by atoms with Gasteiger partial charge < -0.3 is 20.9 Å². The van der Waals surface area contributed by atoms with Crippen LogP contribution in [0.4, 0.5) is 0 Å². The molecule has 6 heteroatoms. The molecule has 0 radical (unpaired) electrons. The highest BCUT2D eigenvalue weighted by Crippen LogP contribution is 2.17. The number of nitrogens with two attached hydrogens (primary N) is 1. The molecule has 1 aromatic rings. The van der Waals surface area contributed by atoms with E-state index in [0.717, 1.165) is 5.56 Å². The predicted octanol–water partition coefficient (Wildman–Crippen LogP) is 0.503. The van der Waals surface area contributed by atoms with Crippen LogP contribution >= 0.6 is 0 Å². The molecule has 0 aliphatic rings. The summed E-state index contributed by atoms with van der Waals surface area (Å²) >= 11 is 0. The standard InChI is InChI=1S/C13H18N2O4/c1-19-11-5-3-2-4-9(11)8-15-10(13(14)18)6-7-12(16)17/h2-5,10,15H,6-8H2,1H3,(H2,14,18)(H,16,17)/t10-/m0/s1. The number of ether oxygens (including phenoxy) is 1. The number of methoxy groups -OCH3 is 1. The van der Waals surface area contributed by atoms with Gasteiger partial charge in [-0.15, -0.1) is 0 Å². The third-order valence-corrected chi connectivity index (χ3v) is 2.72. The summed E-state index contributed by atoms with van der Waals surface area (Å²) in [7, 11) is 1.56. The van der Waals surface area contributed by atoms with Crippen LogP contribution in [0.3, 0.4) is 0 Å². The number of benzene rings is 1. The van der Waals surface area contributed by atoms with Gasteiger partial charge in [0.15, 0.2) is 0 Å². The van der Waals surface area contributed by atoms with Crippen molar-refractivity contribution in [2.75, 3.05) is 7.11 Å². The summed E-state index contributed by atoms with van der Waals surface area (Å²) in [6, 6.07) is 6.71. The number of amides is 1. The summed E-state index contributed by atoms with van der Waals surface area (Å²) in [5, 5.41) is 11.6. The third kappa shape index (κ3) is 4.97. The second-order valence-electron chi connectivity index (χ2n) is 4.08. The molecule has 0 aliphatic heterocycles. The van der Waals surface area contributed by atoms with Crippen molar-refractivity contribution >= 4 is 11.9 Å². The minimum absolute atomic E-state index is 0.105. The number of rotatable bonds is 8. The van der Waals surface area contributed by atoms with Crippen molar-refractivity contribution in [3.05, 3.63) is 29.8 Å². The zero-order valence-electron chi connectivity index (χ0n) is 10.8. The minimum Gasteiger partial charge on any atom is -0.496 e. The van der Waals surface area contributed by atoms with Crippen LogP contribution in [0, 0.1) is 0 Å². The number of aliphatic carboxylic acids is 1. The summed E-state index contributed by atoms with van der Waals surface area (Å²) in [5.41, 5.74) is 6.11. The fraction of sp³-hybridized carbons (Fsp3) is 0.385. The molecule has 19 heavy (non-hydrogen) atoms. The summed E-state index contributed by atoms with van der Waals surface area (Å²) < 4.78 is 5.19. The van der Waals surface area contributed by atoms with Gasteiger partial charge in [-0.05, 0) is 12.5 Å². The van der Waals surface area contributed by atoms with E-state index in [1.165, 1.54) is 0 Å². The second-order valence-corrected chi connectivity index (χ2v) is 4.08. The Hall–Kier alpha value is -2.08. The SMILES string of the molecule is COc1ccccc1CN[C@@H](CCC(=O)O)C(N)=O. The van der Waals surface area contributed by atoms with Gasteiger partial charge >= 0.3 is 5.97 Å². The molecule has 0 spiro atoms. The maximum Gasteiger partial charge on any atom is 0.303 e. The first-order chi connectivity index (χ1) is 9.04. The first-order valence-electron chi connectivity index (χ1n) is 5.91. The van der Waals surface area contributed by atoms with Gasteiger partial charge in [0.25, 0.3) is 0 Å². The summed E-state index contributed by atoms with van der Waals surface area (Å²) in [6.07, 6.45) is 0.0619. The van der Waals surface area contributed by atoms with Crippen molar-refractivity contribution in [1.29, 1.82) is 0 Å². The molecule has 1 aromatic carbocycles. The van der Waals surface area contributed by atoms with E-state index < -0.39 is 17.9 Å². The maximum absolute atomic E-state index is 11.2. The fourth-order valence-electron chi connectivity index (χ4n) is 1.69. The largest absolute Gasteiger partial charge is 0.496 e. The lowest BCUT2D eigenvalue weighted by atomic mass is 10.1. The smallest absolute Gasteiger partial charge is 0.303 e. The zero-order valence-corrected chi connectivity index (χ0v) is 10.8. The predicted molar refractivity (Wildman–Crippen MR) is 69.7 cm³/mol. The molecule has 0 saturated carbocycles. The number of carboxylic acid groups (broad SMARTS) is 1. The first-order valence-corrected chi connectivity index (χ1v) is 5.91. The number of hydrogen-bond acceptors (Lipinski definition) is 4. The lowest BCUT2D eigenvalue weighted by Gasteiger charge is -2.15. The molecular formula is C13H18N2O4. The number of carboxylic acids is 1. The Morgan fingerprint density at radius 2 is 2.11 bits per heavy atom. The van der Waals surface area contributed by atoms with E-state index in [0.29, 0.717) is 12.3 Å². The molecule has 104 valence electrons. The van der Waals surface area contributed by atoms with E-state index in [-0.39, 0.29) is 12.8 Å². The van der Waals surface area contributed by atoms with Crippen molar-refractivity contribution in [3.63, 3.8) is 0 Å². The van der Waals surface area contributed by atoms with Gasteiger partial charge in [0.05, 0.1) is 13.2 Å². The van der Waals surface area contributed by atoms with E-state index >= 15 is 0 Å². The molecule has 0 saturated heterocycles. The van der Waals surface area contributed by atoms with Gasteiger partial charge in [-0.3, -0.25) is 9.59 Å². The first kappa shape index (κ1) is 15.0. The molecule has 1 rings (SSSR count). The van der Waals surface area contributed by atoms with Gasteiger partial charge in [0.1, 0.15) is 5.75 Å². The highest BCUT2D eigenvalue weighted by molar-refractivity contribution is 5.80. The minimum atomic E-state index is -0.953. The van der Waals surface area contributed by atoms with Gasteiger partial charge in [-0.1, -0.05) is 18.2 Å². The molecule has 0 bridgehead atoms. The molecule has 0 fully saturated rings. The molecule has 1 atom stereocenters. The average Bonchev–Trinajstić information content (AvgIpc) is 2.38. The van der Waals surface area contributed by atoms with Crippen LogP contribution in [0.25, 0.3) is 0 Å². The van der Waals surface area contributed by atoms with Crippen molar-refractivity contribution < 1.29 is 19.4 Å². The highest BCUT2D eigenvalue weighted by Gasteiger charge is 2.16. The zero-order chi connectivity index (χ0) is 14.3. The molecule has 0 aromatic heterocycles. The van der Waals surface area contributed by atoms with Crippen LogP contribution in [-0.4, -0.2) is 30.1 Å². The summed E-state index contributed by atoms with van der Waals surface area (Å²) in [6.45, 7) is 0.386. The number of carbonyl (C=O) groups is 2. The van der Waals surface area contributed by atoms with Crippen LogP contribution < -0.4 is 15.8 Å².